The van der Waals surface area contributed by atoms with Crippen LogP contribution in [0.25, 0.3) is 27.7 Å². The predicted molar refractivity (Wildman–Crippen MR) is 133 cm³/mol. The molecule has 4 heteroatoms. The molecule has 166 valence electrons. The van der Waals surface area contributed by atoms with Crippen LogP contribution in [-0.2, 0) is 17.8 Å². The fourth-order valence-corrected chi connectivity index (χ4v) is 4.88. The van der Waals surface area contributed by atoms with Gasteiger partial charge in [-0.25, -0.2) is 4.98 Å². The number of rotatable bonds is 6. The van der Waals surface area contributed by atoms with Crippen molar-refractivity contribution in [3.8, 4) is 11.1 Å². The van der Waals surface area contributed by atoms with Crippen LogP contribution in [0.1, 0.15) is 48.2 Å². The van der Waals surface area contributed by atoms with E-state index in [1.54, 1.807) is 0 Å². The first kappa shape index (κ1) is 21.2. The molecule has 1 N–H and O–H groups in total. The van der Waals surface area contributed by atoms with Gasteiger partial charge in [-0.3, -0.25) is 4.79 Å². The molecule has 0 fully saturated rings. The number of hydrogen-bond acceptors (Lipinski definition) is 2. The van der Waals surface area contributed by atoms with Crippen molar-refractivity contribution in [2.24, 2.45) is 0 Å². The molecule has 1 heterocycles. The van der Waals surface area contributed by atoms with Crippen molar-refractivity contribution < 1.29 is 9.90 Å². The molecule has 0 radical (unpaired) electrons. The number of aryl methyl sites for hydroxylation is 1. The molecule has 0 bridgehead atoms. The molecule has 33 heavy (non-hydrogen) atoms. The van der Waals surface area contributed by atoms with Gasteiger partial charge in [-0.1, -0.05) is 66.7 Å². The highest BCUT2D eigenvalue weighted by Gasteiger charge is 2.15. The Morgan fingerprint density at radius 2 is 1.70 bits per heavy atom. The Balaban J connectivity index is 1.51. The summed E-state index contributed by atoms with van der Waals surface area (Å²) >= 11 is 0. The predicted octanol–water partition coefficient (Wildman–Crippen LogP) is 6.64. The van der Waals surface area contributed by atoms with Crippen molar-refractivity contribution in [1.82, 2.24) is 9.55 Å². The molecule has 5 rings (SSSR count). The van der Waals surface area contributed by atoms with Crippen molar-refractivity contribution in [2.75, 3.05) is 0 Å². The number of allylic oxidation sites excluding steroid dienone is 2. The number of carboxylic acids is 1. The van der Waals surface area contributed by atoms with E-state index in [0.29, 0.717) is 6.54 Å². The van der Waals surface area contributed by atoms with Gasteiger partial charge in [0.1, 0.15) is 5.82 Å². The highest BCUT2D eigenvalue weighted by atomic mass is 16.4. The molecule has 3 aromatic carbocycles. The third-order valence-corrected chi connectivity index (χ3v) is 6.62. The third kappa shape index (κ3) is 4.34. The van der Waals surface area contributed by atoms with E-state index >= 15 is 0 Å². The summed E-state index contributed by atoms with van der Waals surface area (Å²) in [5, 5.41) is 9.29. The fraction of sp³-hybridized carbons (Fsp3) is 0.241. The lowest BCUT2D eigenvalue weighted by atomic mass is 9.92. The van der Waals surface area contributed by atoms with Crippen molar-refractivity contribution in [1.29, 1.82) is 0 Å². The molecule has 1 aromatic heterocycles. The summed E-state index contributed by atoms with van der Waals surface area (Å²) in [6.45, 7) is 2.62. The number of aromatic nitrogens is 2. The lowest BCUT2D eigenvalue weighted by Crippen LogP contribution is -2.08. The van der Waals surface area contributed by atoms with Gasteiger partial charge in [-0.15, -0.1) is 0 Å². The number of benzene rings is 3. The minimum Gasteiger partial charge on any atom is -0.481 e. The average molecular weight is 437 g/mol. The van der Waals surface area contributed by atoms with Gasteiger partial charge >= 0.3 is 5.97 Å². The summed E-state index contributed by atoms with van der Waals surface area (Å²) in [7, 11) is 0. The van der Waals surface area contributed by atoms with E-state index in [1.165, 1.54) is 36.8 Å². The molecule has 0 amide bonds. The zero-order valence-electron chi connectivity index (χ0n) is 18.9. The smallest absolute Gasteiger partial charge is 0.307 e. The van der Waals surface area contributed by atoms with Crippen molar-refractivity contribution in [3.63, 3.8) is 0 Å². The van der Waals surface area contributed by atoms with Gasteiger partial charge in [0.25, 0.3) is 0 Å². The average Bonchev–Trinajstić information content (AvgIpc) is 3.16. The zero-order valence-corrected chi connectivity index (χ0v) is 18.9. The maximum atomic E-state index is 11.3. The lowest BCUT2D eigenvalue weighted by Gasteiger charge is -2.13. The summed E-state index contributed by atoms with van der Waals surface area (Å²) in [6, 6.07) is 22.9. The molecule has 0 spiro atoms. The van der Waals surface area contributed by atoms with Gasteiger partial charge in [0.05, 0.1) is 17.5 Å². The van der Waals surface area contributed by atoms with Crippen molar-refractivity contribution >= 4 is 22.6 Å². The van der Waals surface area contributed by atoms with Crippen LogP contribution in [0.3, 0.4) is 0 Å². The quantitative estimate of drug-likeness (QED) is 0.368. The Morgan fingerprint density at radius 1 is 0.939 bits per heavy atom. The third-order valence-electron chi connectivity index (χ3n) is 6.62. The number of carbonyl (C=O) groups is 1. The second-order valence-electron chi connectivity index (χ2n) is 8.81. The van der Waals surface area contributed by atoms with E-state index in [1.807, 2.05) is 31.2 Å². The molecule has 0 unspecified atom stereocenters. The Morgan fingerprint density at radius 3 is 2.42 bits per heavy atom. The summed E-state index contributed by atoms with van der Waals surface area (Å²) < 4.78 is 2.18. The number of imidazole rings is 1. The molecular formula is C29H28N2O2. The fourth-order valence-electron chi connectivity index (χ4n) is 4.88. The molecule has 1 aliphatic carbocycles. The Bertz CT molecular complexity index is 1350. The van der Waals surface area contributed by atoms with Crippen molar-refractivity contribution in [2.45, 2.75) is 45.6 Å². The normalized spacial score (nSPS) is 13.8. The maximum Gasteiger partial charge on any atom is 0.307 e. The summed E-state index contributed by atoms with van der Waals surface area (Å²) in [6.07, 6.45) is 7.33. The van der Waals surface area contributed by atoms with E-state index < -0.39 is 5.97 Å². The second kappa shape index (κ2) is 9.07. The minimum atomic E-state index is -0.815. The van der Waals surface area contributed by atoms with Gasteiger partial charge < -0.3 is 9.67 Å². The summed E-state index contributed by atoms with van der Waals surface area (Å²) in [5.74, 6) is 0.107. The molecule has 0 saturated heterocycles. The van der Waals surface area contributed by atoms with Crippen LogP contribution in [-0.4, -0.2) is 20.6 Å². The summed E-state index contributed by atoms with van der Waals surface area (Å²) in [5.41, 5.74) is 8.97. The van der Waals surface area contributed by atoms with E-state index in [-0.39, 0.29) is 6.42 Å². The summed E-state index contributed by atoms with van der Waals surface area (Å²) in [4.78, 5) is 16.2. The lowest BCUT2D eigenvalue weighted by molar-refractivity contribution is -0.136. The molecule has 4 aromatic rings. The van der Waals surface area contributed by atoms with Crippen LogP contribution in [0.15, 0.2) is 72.8 Å². The van der Waals surface area contributed by atoms with E-state index in [4.69, 9.17) is 4.98 Å². The molecule has 0 aliphatic heterocycles. The molecule has 0 atom stereocenters. The van der Waals surface area contributed by atoms with Gasteiger partial charge in [0.2, 0.25) is 0 Å². The first-order valence-corrected chi connectivity index (χ1v) is 11.6. The topological polar surface area (TPSA) is 55.1 Å². The van der Waals surface area contributed by atoms with E-state index in [9.17, 15) is 9.90 Å². The van der Waals surface area contributed by atoms with E-state index in [0.717, 1.165) is 39.1 Å². The molecule has 0 saturated carbocycles. The van der Waals surface area contributed by atoms with Gasteiger partial charge in [-0.05, 0) is 66.5 Å². The van der Waals surface area contributed by atoms with Crippen LogP contribution in [0, 0.1) is 6.92 Å². The largest absolute Gasteiger partial charge is 0.481 e. The molecule has 4 nitrogen and oxygen atoms in total. The number of nitrogens with zero attached hydrogens (tertiary/aromatic N) is 2. The van der Waals surface area contributed by atoms with Crippen LogP contribution in [0.4, 0.5) is 0 Å². The number of aliphatic carboxylic acids is 1. The highest BCUT2D eigenvalue weighted by Crippen LogP contribution is 2.32. The first-order chi connectivity index (χ1) is 16.1. The van der Waals surface area contributed by atoms with Crippen LogP contribution >= 0.6 is 0 Å². The van der Waals surface area contributed by atoms with Gasteiger partial charge in [-0.2, -0.15) is 0 Å². The molecular weight excluding hydrogens is 408 g/mol. The second-order valence-corrected chi connectivity index (χ2v) is 8.81. The number of hydrogen-bond donors (Lipinski definition) is 1. The standard InChI is InChI=1S/C29H28N2O2/c1-20-30-29-26(23-16-14-22(15-17-23)21-8-3-2-4-9-21)12-7-13-27(29)31(20)19-25-11-6-5-10-24(25)18-28(32)33/h5-8,10-17H,2-4,9,18-19H2,1H3,(H,32,33). The highest BCUT2D eigenvalue weighted by molar-refractivity contribution is 5.92. The van der Waals surface area contributed by atoms with Gasteiger partial charge in [0, 0.05) is 12.1 Å². The number of carboxylic acid groups (broad SMARTS) is 1. The number of para-hydroxylation sites is 1. The van der Waals surface area contributed by atoms with E-state index in [2.05, 4.69) is 53.1 Å². The Hall–Kier alpha value is -3.66. The minimum absolute atomic E-state index is 0.0237. The van der Waals surface area contributed by atoms with Crippen molar-refractivity contribution in [3.05, 3.63) is 95.3 Å². The zero-order chi connectivity index (χ0) is 22.8. The number of fused-ring (bicyclic) bond motifs is 1. The van der Waals surface area contributed by atoms with Gasteiger partial charge in [0.15, 0.2) is 0 Å². The monoisotopic (exact) mass is 436 g/mol. The van der Waals surface area contributed by atoms with Crippen LogP contribution in [0.5, 0.6) is 0 Å². The van der Waals surface area contributed by atoms with Crippen LogP contribution in [0.2, 0.25) is 0 Å². The van der Waals surface area contributed by atoms with Crippen LogP contribution < -0.4 is 0 Å². The molecule has 1 aliphatic rings. The Kier molecular flexibility index (Phi) is 5.82. The SMILES string of the molecule is Cc1nc2c(-c3ccc(C4=CCCCC4)cc3)cccc2n1Cc1ccccc1CC(=O)O. The maximum absolute atomic E-state index is 11.3. The first-order valence-electron chi connectivity index (χ1n) is 11.6. The Labute approximate surface area is 194 Å².